The number of rotatable bonds is 1. The number of hydrogen-bond acceptors (Lipinski definition) is 3. The zero-order valence-corrected chi connectivity index (χ0v) is 11.9. The first kappa shape index (κ1) is 12.3. The number of nitrogens with zero attached hydrogens (tertiary/aromatic N) is 2. The van der Waals surface area contributed by atoms with E-state index in [9.17, 15) is 4.79 Å². The molecule has 1 atom stereocenters. The Morgan fingerprint density at radius 2 is 1.95 bits per heavy atom. The molecule has 0 N–H and O–H groups in total. The van der Waals surface area contributed by atoms with Crippen LogP contribution >= 0.6 is 0 Å². The predicted molar refractivity (Wildman–Crippen MR) is 84.5 cm³/mol. The number of aliphatic imine (C=N–C) groups is 1. The number of carbonyl (C=O) groups excluding carboxylic acids is 1. The Morgan fingerprint density at radius 3 is 2.76 bits per heavy atom. The molecule has 2 aliphatic heterocycles. The molecule has 3 heteroatoms. The van der Waals surface area contributed by atoms with Gasteiger partial charge in [-0.05, 0) is 37.6 Å². The fourth-order valence-corrected chi connectivity index (χ4v) is 3.20. The van der Waals surface area contributed by atoms with Crippen molar-refractivity contribution in [1.82, 2.24) is 0 Å². The van der Waals surface area contributed by atoms with Gasteiger partial charge in [0.05, 0.1) is 11.6 Å². The van der Waals surface area contributed by atoms with Crippen molar-refractivity contribution < 1.29 is 4.79 Å². The molecule has 2 aliphatic rings. The topological polar surface area (TPSA) is 32.7 Å². The lowest BCUT2D eigenvalue weighted by Gasteiger charge is -2.24. The summed E-state index contributed by atoms with van der Waals surface area (Å²) in [5.41, 5.74) is 3.80. The van der Waals surface area contributed by atoms with E-state index in [0.717, 1.165) is 41.3 Å². The van der Waals surface area contributed by atoms with Crippen molar-refractivity contribution in [1.29, 1.82) is 0 Å². The molecule has 4 rings (SSSR count). The molecule has 2 heterocycles. The van der Waals surface area contributed by atoms with Gasteiger partial charge in [0, 0.05) is 17.8 Å². The molecule has 3 nitrogen and oxygen atoms in total. The summed E-state index contributed by atoms with van der Waals surface area (Å²) in [6, 6.07) is 16.1. The Balaban J connectivity index is 1.82. The smallest absolute Gasteiger partial charge is 0.175 e. The molecular weight excluding hydrogens is 260 g/mol. The number of Topliss-reactive ketones (excluding diaryl/α,β-unsaturated/α-hetero) is 1. The lowest BCUT2D eigenvalue weighted by molar-refractivity contribution is 0.0954. The highest BCUT2D eigenvalue weighted by Gasteiger charge is 2.39. The standard InChI is InChI=1S/C18H16N2O/c1-12-7-8-16-15(11-12)17(21)14-9-10-20(18(14)19-16)13-5-3-2-4-6-13/h2-8,11,14H,9-10H2,1H3/t14-/m0/s1. The van der Waals surface area contributed by atoms with Crippen LogP contribution in [0.1, 0.15) is 22.3 Å². The van der Waals surface area contributed by atoms with Gasteiger partial charge in [-0.15, -0.1) is 0 Å². The SMILES string of the molecule is Cc1ccc2c(c1)C(=O)[C@@H]1CCN(c3ccccc3)C1=N2. The fraction of sp³-hybridized carbons (Fsp3) is 0.222. The summed E-state index contributed by atoms with van der Waals surface area (Å²) >= 11 is 0. The van der Waals surface area contributed by atoms with Gasteiger partial charge in [0.25, 0.3) is 0 Å². The Labute approximate surface area is 123 Å². The number of carbonyl (C=O) groups is 1. The largest absolute Gasteiger partial charge is 0.329 e. The molecule has 0 aliphatic carbocycles. The molecular formula is C18H16N2O. The minimum Gasteiger partial charge on any atom is -0.329 e. The highest BCUT2D eigenvalue weighted by Crippen LogP contribution is 2.36. The van der Waals surface area contributed by atoms with Gasteiger partial charge in [-0.1, -0.05) is 29.8 Å². The number of aryl methyl sites for hydroxylation is 1. The van der Waals surface area contributed by atoms with Crippen LogP contribution in [0.5, 0.6) is 0 Å². The molecule has 0 radical (unpaired) electrons. The summed E-state index contributed by atoms with van der Waals surface area (Å²) in [6.45, 7) is 2.87. The van der Waals surface area contributed by atoms with Gasteiger partial charge in [-0.2, -0.15) is 0 Å². The van der Waals surface area contributed by atoms with Crippen molar-refractivity contribution in [3.63, 3.8) is 0 Å². The van der Waals surface area contributed by atoms with Crippen LogP contribution in [0.4, 0.5) is 11.4 Å². The summed E-state index contributed by atoms with van der Waals surface area (Å²) in [4.78, 5) is 19.7. The Kier molecular flexibility index (Phi) is 2.67. The summed E-state index contributed by atoms with van der Waals surface area (Å²) in [7, 11) is 0. The van der Waals surface area contributed by atoms with Gasteiger partial charge < -0.3 is 4.90 Å². The van der Waals surface area contributed by atoms with E-state index in [-0.39, 0.29) is 11.7 Å². The molecule has 0 unspecified atom stereocenters. The van der Waals surface area contributed by atoms with Gasteiger partial charge in [-0.3, -0.25) is 4.79 Å². The Bertz CT molecular complexity index is 749. The lowest BCUT2D eigenvalue weighted by atomic mass is 9.91. The second kappa shape index (κ2) is 4.55. The first-order valence-electron chi connectivity index (χ1n) is 7.30. The van der Waals surface area contributed by atoms with Crippen LogP contribution in [0.15, 0.2) is 53.5 Å². The molecule has 0 spiro atoms. The summed E-state index contributed by atoms with van der Waals surface area (Å²) in [6.07, 6.45) is 0.847. The molecule has 2 aromatic rings. The minimum absolute atomic E-state index is 0.0838. The van der Waals surface area contributed by atoms with E-state index in [0.29, 0.717) is 0 Å². The van der Waals surface area contributed by atoms with Crippen LogP contribution in [0.25, 0.3) is 0 Å². The highest BCUT2D eigenvalue weighted by atomic mass is 16.1. The second-order valence-electron chi connectivity index (χ2n) is 5.68. The number of ketones is 1. The van der Waals surface area contributed by atoms with Crippen LogP contribution in [0, 0.1) is 12.8 Å². The van der Waals surface area contributed by atoms with Crippen LogP contribution in [0.3, 0.4) is 0 Å². The second-order valence-corrected chi connectivity index (χ2v) is 5.68. The van der Waals surface area contributed by atoms with Gasteiger partial charge in [0.15, 0.2) is 5.78 Å². The number of fused-ring (bicyclic) bond motifs is 2. The molecule has 2 aromatic carbocycles. The van der Waals surface area contributed by atoms with Crippen molar-refractivity contribution in [2.45, 2.75) is 13.3 Å². The third kappa shape index (κ3) is 1.88. The van der Waals surface area contributed by atoms with E-state index >= 15 is 0 Å². The van der Waals surface area contributed by atoms with Crippen LogP contribution in [-0.2, 0) is 0 Å². The van der Waals surface area contributed by atoms with E-state index in [1.807, 2.05) is 43.3 Å². The number of amidine groups is 1. The minimum atomic E-state index is -0.0838. The summed E-state index contributed by atoms with van der Waals surface area (Å²) < 4.78 is 0. The van der Waals surface area contributed by atoms with Crippen LogP contribution < -0.4 is 4.90 Å². The quantitative estimate of drug-likeness (QED) is 0.794. The normalized spacial score (nSPS) is 20.0. The van der Waals surface area contributed by atoms with Gasteiger partial charge in [0.2, 0.25) is 0 Å². The molecule has 0 saturated carbocycles. The van der Waals surface area contributed by atoms with Gasteiger partial charge >= 0.3 is 0 Å². The van der Waals surface area contributed by atoms with Gasteiger partial charge in [-0.25, -0.2) is 4.99 Å². The average Bonchev–Trinajstić information content (AvgIpc) is 2.93. The molecule has 0 amide bonds. The maximum absolute atomic E-state index is 12.7. The number of anilines is 1. The van der Waals surface area contributed by atoms with E-state index in [1.54, 1.807) is 0 Å². The zero-order chi connectivity index (χ0) is 14.4. The number of hydrogen-bond donors (Lipinski definition) is 0. The lowest BCUT2D eigenvalue weighted by Crippen LogP contribution is -2.32. The number of para-hydroxylation sites is 1. The molecule has 1 fully saturated rings. The van der Waals surface area contributed by atoms with Crippen molar-refractivity contribution in [3.05, 3.63) is 59.7 Å². The van der Waals surface area contributed by atoms with E-state index in [1.165, 1.54) is 0 Å². The van der Waals surface area contributed by atoms with Crippen molar-refractivity contribution in [3.8, 4) is 0 Å². The maximum atomic E-state index is 12.7. The van der Waals surface area contributed by atoms with Crippen molar-refractivity contribution in [2.75, 3.05) is 11.4 Å². The highest BCUT2D eigenvalue weighted by molar-refractivity contribution is 6.22. The summed E-state index contributed by atoms with van der Waals surface area (Å²) in [5, 5.41) is 0. The van der Waals surface area contributed by atoms with Crippen molar-refractivity contribution >= 4 is 23.0 Å². The van der Waals surface area contributed by atoms with Crippen molar-refractivity contribution in [2.24, 2.45) is 10.9 Å². The Hall–Kier alpha value is -2.42. The Morgan fingerprint density at radius 1 is 1.14 bits per heavy atom. The molecule has 0 bridgehead atoms. The number of benzene rings is 2. The molecule has 0 aromatic heterocycles. The van der Waals surface area contributed by atoms with Crippen LogP contribution in [0.2, 0.25) is 0 Å². The molecule has 21 heavy (non-hydrogen) atoms. The van der Waals surface area contributed by atoms with Gasteiger partial charge in [0.1, 0.15) is 5.84 Å². The first-order chi connectivity index (χ1) is 10.2. The molecule has 104 valence electrons. The first-order valence-corrected chi connectivity index (χ1v) is 7.30. The van der Waals surface area contributed by atoms with E-state index in [4.69, 9.17) is 4.99 Å². The summed E-state index contributed by atoms with van der Waals surface area (Å²) in [5.74, 6) is 1.04. The third-order valence-corrected chi connectivity index (χ3v) is 4.27. The third-order valence-electron chi connectivity index (χ3n) is 4.27. The van der Waals surface area contributed by atoms with Crippen LogP contribution in [-0.4, -0.2) is 18.2 Å². The predicted octanol–water partition coefficient (Wildman–Crippen LogP) is 3.75. The maximum Gasteiger partial charge on any atom is 0.175 e. The average molecular weight is 276 g/mol. The van der Waals surface area contributed by atoms with E-state index in [2.05, 4.69) is 17.0 Å². The fourth-order valence-electron chi connectivity index (χ4n) is 3.20. The van der Waals surface area contributed by atoms with E-state index < -0.39 is 0 Å². The monoisotopic (exact) mass is 276 g/mol. The zero-order valence-electron chi connectivity index (χ0n) is 11.9. The molecule has 1 saturated heterocycles.